The molecule has 0 spiro atoms. The van der Waals surface area contributed by atoms with E-state index in [-0.39, 0.29) is 28.9 Å². The molecule has 1 amide bonds. The Balaban J connectivity index is 1.96. The molecule has 0 saturated carbocycles. The van der Waals surface area contributed by atoms with E-state index in [1.54, 1.807) is 27.7 Å². The van der Waals surface area contributed by atoms with Crippen LogP contribution in [0, 0.1) is 23.6 Å². The second-order valence-electron chi connectivity index (χ2n) is 8.08. The first-order valence-electron chi connectivity index (χ1n) is 10.4. The van der Waals surface area contributed by atoms with E-state index >= 15 is 0 Å². The molecule has 1 aromatic heterocycles. The van der Waals surface area contributed by atoms with Gasteiger partial charge in [-0.25, -0.2) is 18.7 Å². The summed E-state index contributed by atoms with van der Waals surface area (Å²) in [7, 11) is 0. The van der Waals surface area contributed by atoms with Crippen LogP contribution in [0.2, 0.25) is 0 Å². The third kappa shape index (κ3) is 4.89. The van der Waals surface area contributed by atoms with Crippen LogP contribution in [0.5, 0.6) is 5.88 Å². The van der Waals surface area contributed by atoms with Gasteiger partial charge in [0.2, 0.25) is 11.8 Å². The van der Waals surface area contributed by atoms with Gasteiger partial charge in [-0.15, -0.1) is 5.92 Å². The third-order valence-electron chi connectivity index (χ3n) is 5.99. The first-order chi connectivity index (χ1) is 16.0. The summed E-state index contributed by atoms with van der Waals surface area (Å²) in [5.74, 6) is 3.31. The highest BCUT2D eigenvalue weighted by molar-refractivity contribution is 8.15. The van der Waals surface area contributed by atoms with Crippen LogP contribution in [-0.4, -0.2) is 32.4 Å². The van der Waals surface area contributed by atoms with Gasteiger partial charge in [-0.3, -0.25) is 9.79 Å². The lowest BCUT2D eigenvalue weighted by molar-refractivity contribution is -0.121. The molecule has 10 heteroatoms. The maximum Gasteiger partial charge on any atom is 0.234 e. The van der Waals surface area contributed by atoms with Crippen LogP contribution in [0.1, 0.15) is 44.5 Å². The molecule has 2 heterocycles. The number of carbonyl (C=O) groups excluding carboxylic acids is 1. The molecular formula is C24H25F2N5O2S. The zero-order valence-electron chi connectivity index (χ0n) is 19.2. The van der Waals surface area contributed by atoms with Gasteiger partial charge >= 0.3 is 0 Å². The minimum Gasteiger partial charge on any atom is -0.463 e. The highest BCUT2D eigenvalue weighted by atomic mass is 32.2. The molecule has 3 rings (SSSR count). The molecule has 7 nitrogen and oxygen atoms in total. The van der Waals surface area contributed by atoms with Crippen molar-refractivity contribution in [3.05, 3.63) is 53.2 Å². The molecule has 0 aliphatic carbocycles. The number of benzene rings is 1. The number of nitrogens with zero attached hydrogens (tertiary/aromatic N) is 3. The summed E-state index contributed by atoms with van der Waals surface area (Å²) < 4.78 is 34.0. The third-order valence-corrected chi connectivity index (χ3v) is 7.27. The van der Waals surface area contributed by atoms with E-state index in [2.05, 4.69) is 26.8 Å². The molecule has 3 atom stereocenters. The number of halogens is 2. The number of hydrogen-bond donors (Lipinski definition) is 2. The maximum atomic E-state index is 15.0. The fourth-order valence-electron chi connectivity index (χ4n) is 3.68. The molecule has 0 radical (unpaired) electrons. The number of aromatic nitrogens is 2. The summed E-state index contributed by atoms with van der Waals surface area (Å²) in [4.78, 5) is 24.7. The molecule has 0 bridgehead atoms. The van der Waals surface area contributed by atoms with E-state index in [0.29, 0.717) is 5.56 Å². The Morgan fingerprint density at radius 3 is 2.68 bits per heavy atom. The number of nitrogens with two attached hydrogens (primary N) is 2. The molecule has 4 N–H and O–H groups in total. The van der Waals surface area contributed by atoms with Gasteiger partial charge in [0, 0.05) is 11.5 Å². The predicted octanol–water partition coefficient (Wildman–Crippen LogP) is 3.64. The number of amidine groups is 1. The molecule has 1 aliphatic rings. The van der Waals surface area contributed by atoms with Gasteiger partial charge < -0.3 is 16.2 Å². The standard InChI is InChI=1S/C24H25F2N5O2S/c1-5-6-9-33-20-13-29-19(12-30-20)18(26)11-15-7-8-17(25)16(10-15)23(3)14(2)24(4,21(27)32)34-22(28)31-23/h7-8,10-14H,9H2,1-4H3,(H2,27,32)(H2,28,31)/b18-11-/t14-,23-,24-/m0/s1. The first kappa shape index (κ1) is 25.2. The normalized spacial score (nSPS) is 24.6. The Kier molecular flexibility index (Phi) is 7.26. The molecule has 178 valence electrons. The lowest BCUT2D eigenvalue weighted by atomic mass is 9.73. The van der Waals surface area contributed by atoms with E-state index < -0.39 is 33.8 Å². The Morgan fingerprint density at radius 2 is 2.06 bits per heavy atom. The summed E-state index contributed by atoms with van der Waals surface area (Å²) in [6.45, 7) is 6.94. The minimum absolute atomic E-state index is 0.0167. The second-order valence-corrected chi connectivity index (χ2v) is 9.55. The van der Waals surface area contributed by atoms with E-state index in [1.165, 1.54) is 36.7 Å². The van der Waals surface area contributed by atoms with E-state index in [0.717, 1.165) is 11.8 Å². The summed E-state index contributed by atoms with van der Waals surface area (Å²) in [5.41, 5.74) is 11.0. The van der Waals surface area contributed by atoms with E-state index in [1.807, 2.05) is 0 Å². The lowest BCUT2D eigenvalue weighted by Crippen LogP contribution is -2.55. The van der Waals surface area contributed by atoms with E-state index in [4.69, 9.17) is 16.2 Å². The number of primary amides is 1. The molecule has 34 heavy (non-hydrogen) atoms. The zero-order chi connectivity index (χ0) is 25.1. The Morgan fingerprint density at radius 1 is 1.32 bits per heavy atom. The quantitative estimate of drug-likeness (QED) is 0.604. The average molecular weight is 486 g/mol. The average Bonchev–Trinajstić information content (AvgIpc) is 2.79. The van der Waals surface area contributed by atoms with Crippen LogP contribution in [-0.2, 0) is 10.3 Å². The number of hydrogen-bond acceptors (Lipinski definition) is 7. The van der Waals surface area contributed by atoms with Crippen molar-refractivity contribution in [2.24, 2.45) is 22.4 Å². The predicted molar refractivity (Wildman–Crippen MR) is 130 cm³/mol. The SMILES string of the molecule is CC#CCOc1cnc(/C(F)=C/c2ccc(F)c([C@@]3(C)N=C(N)S[C@](C)(C(N)=O)[C@H]3C)c2)cn1. The molecule has 1 aromatic carbocycles. The summed E-state index contributed by atoms with van der Waals surface area (Å²) in [6, 6.07) is 4.13. The van der Waals surface area contributed by atoms with Gasteiger partial charge in [-0.2, -0.15) is 0 Å². The number of carbonyl (C=O) groups is 1. The Bertz CT molecular complexity index is 1220. The van der Waals surface area contributed by atoms with Crippen LogP contribution in [0.3, 0.4) is 0 Å². The van der Waals surface area contributed by atoms with Crippen LogP contribution >= 0.6 is 11.8 Å². The van der Waals surface area contributed by atoms with Crippen molar-refractivity contribution in [2.45, 2.75) is 38.0 Å². The van der Waals surface area contributed by atoms with Gasteiger partial charge in [-0.05, 0) is 44.5 Å². The number of ether oxygens (including phenoxy) is 1. The first-order valence-corrected chi connectivity index (χ1v) is 11.2. The van der Waals surface area contributed by atoms with Crippen LogP contribution in [0.25, 0.3) is 11.9 Å². The fourth-order valence-corrected chi connectivity index (χ4v) is 4.86. The van der Waals surface area contributed by atoms with Crippen LogP contribution in [0.4, 0.5) is 8.78 Å². The zero-order valence-corrected chi connectivity index (χ0v) is 20.0. The monoisotopic (exact) mass is 485 g/mol. The molecule has 0 saturated heterocycles. The smallest absolute Gasteiger partial charge is 0.234 e. The summed E-state index contributed by atoms with van der Waals surface area (Å²) in [5, 5.41) is 0.121. The lowest BCUT2D eigenvalue weighted by Gasteiger charge is -2.45. The largest absolute Gasteiger partial charge is 0.463 e. The van der Waals surface area contributed by atoms with Crippen molar-refractivity contribution in [3.8, 4) is 17.7 Å². The summed E-state index contributed by atoms with van der Waals surface area (Å²) >= 11 is 1.05. The van der Waals surface area contributed by atoms with Gasteiger partial charge in [0.15, 0.2) is 17.6 Å². The highest BCUT2D eigenvalue weighted by Gasteiger charge is 2.53. The fraction of sp³-hybridized carbons (Fsp3) is 0.333. The van der Waals surface area contributed by atoms with Crippen LogP contribution < -0.4 is 16.2 Å². The van der Waals surface area contributed by atoms with Crippen molar-refractivity contribution in [1.29, 1.82) is 0 Å². The van der Waals surface area contributed by atoms with Crippen molar-refractivity contribution >= 4 is 34.7 Å². The molecule has 0 unspecified atom stereocenters. The van der Waals surface area contributed by atoms with Crippen molar-refractivity contribution in [2.75, 3.05) is 6.61 Å². The maximum absolute atomic E-state index is 15.0. The molecule has 2 aromatic rings. The Labute approximate surface area is 201 Å². The van der Waals surface area contributed by atoms with Crippen molar-refractivity contribution in [1.82, 2.24) is 9.97 Å². The molecule has 1 aliphatic heterocycles. The minimum atomic E-state index is -1.20. The number of rotatable bonds is 6. The highest BCUT2D eigenvalue weighted by Crippen LogP contribution is 2.50. The second kappa shape index (κ2) is 9.81. The van der Waals surface area contributed by atoms with E-state index in [9.17, 15) is 13.6 Å². The van der Waals surface area contributed by atoms with Gasteiger partial charge in [0.25, 0.3) is 0 Å². The van der Waals surface area contributed by atoms with Crippen LogP contribution in [0.15, 0.2) is 35.6 Å². The van der Waals surface area contributed by atoms with Gasteiger partial charge in [-0.1, -0.05) is 30.7 Å². The number of amides is 1. The number of thioether (sulfide) groups is 1. The van der Waals surface area contributed by atoms with Gasteiger partial charge in [0.1, 0.15) is 16.3 Å². The number of aliphatic imine (C=N–C) groups is 1. The van der Waals surface area contributed by atoms with Crippen molar-refractivity contribution in [3.63, 3.8) is 0 Å². The Hall–Kier alpha value is -3.45. The van der Waals surface area contributed by atoms with Gasteiger partial charge in [0.05, 0.1) is 17.9 Å². The topological polar surface area (TPSA) is 116 Å². The molecule has 0 fully saturated rings. The molecular weight excluding hydrogens is 460 g/mol. The van der Waals surface area contributed by atoms with Crippen molar-refractivity contribution < 1.29 is 18.3 Å². The summed E-state index contributed by atoms with van der Waals surface area (Å²) in [6.07, 6.45) is 3.73.